The molecule has 2 aromatic carbocycles. The molecule has 0 unspecified atom stereocenters. The van der Waals surface area contributed by atoms with Crippen molar-refractivity contribution >= 4 is 17.7 Å². The number of nitrogens with one attached hydrogen (secondary N) is 1. The van der Waals surface area contributed by atoms with Gasteiger partial charge in [-0.15, -0.1) is 6.58 Å². The van der Waals surface area contributed by atoms with Crippen molar-refractivity contribution in [2.24, 2.45) is 0 Å². The van der Waals surface area contributed by atoms with Gasteiger partial charge in [-0.25, -0.2) is 0 Å². The molecule has 3 rings (SSSR count). The number of carbonyl (C=O) groups excluding carboxylic acids is 1. The minimum atomic E-state index is -0.230. The summed E-state index contributed by atoms with van der Waals surface area (Å²) in [4.78, 5) is 25.2. The molecule has 1 amide bonds. The van der Waals surface area contributed by atoms with Crippen LogP contribution in [0.2, 0.25) is 0 Å². The lowest BCUT2D eigenvalue weighted by atomic mass is 10.2. The van der Waals surface area contributed by atoms with E-state index in [1.165, 1.54) is 28.1 Å². The summed E-state index contributed by atoms with van der Waals surface area (Å²) in [5, 5.41) is 7.87. The monoisotopic (exact) mass is 377 g/mol. The van der Waals surface area contributed by atoms with Crippen molar-refractivity contribution in [3.05, 3.63) is 94.8 Å². The summed E-state index contributed by atoms with van der Waals surface area (Å²) in [7, 11) is 0. The Kier molecular flexibility index (Phi) is 5.88. The summed E-state index contributed by atoms with van der Waals surface area (Å²) in [5.41, 5.74) is 2.08. The molecule has 1 heterocycles. The molecule has 27 heavy (non-hydrogen) atoms. The highest BCUT2D eigenvalue weighted by Gasteiger charge is 2.08. The van der Waals surface area contributed by atoms with Gasteiger partial charge in [0.2, 0.25) is 0 Å². The van der Waals surface area contributed by atoms with Gasteiger partial charge in [0.1, 0.15) is 5.03 Å². The van der Waals surface area contributed by atoms with Gasteiger partial charge < -0.3 is 5.32 Å². The first-order valence-electron chi connectivity index (χ1n) is 8.41. The molecule has 6 heteroatoms. The minimum absolute atomic E-state index is 0.189. The molecule has 0 aliphatic carbocycles. The van der Waals surface area contributed by atoms with Gasteiger partial charge in [-0.1, -0.05) is 35.5 Å². The third-order valence-electron chi connectivity index (χ3n) is 3.80. The summed E-state index contributed by atoms with van der Waals surface area (Å²) in [6.07, 6.45) is 1.62. The van der Waals surface area contributed by atoms with Crippen LogP contribution in [-0.2, 0) is 0 Å². The van der Waals surface area contributed by atoms with Crippen molar-refractivity contribution in [3.63, 3.8) is 0 Å². The molecule has 136 valence electrons. The van der Waals surface area contributed by atoms with Gasteiger partial charge in [0, 0.05) is 23.1 Å². The Bertz CT molecular complexity index is 1010. The average molecular weight is 377 g/mol. The van der Waals surface area contributed by atoms with Crippen LogP contribution >= 0.6 is 11.8 Å². The van der Waals surface area contributed by atoms with Crippen LogP contribution in [0.5, 0.6) is 0 Å². The fourth-order valence-electron chi connectivity index (χ4n) is 2.38. The summed E-state index contributed by atoms with van der Waals surface area (Å²) in [5.74, 6) is -0.189. The van der Waals surface area contributed by atoms with Gasteiger partial charge in [0.25, 0.3) is 11.5 Å². The predicted octanol–water partition coefficient (Wildman–Crippen LogP) is 3.61. The molecule has 0 aliphatic heterocycles. The Morgan fingerprint density at radius 1 is 1.11 bits per heavy atom. The van der Waals surface area contributed by atoms with Crippen LogP contribution in [0.15, 0.2) is 88.0 Å². The van der Waals surface area contributed by atoms with E-state index in [0.717, 1.165) is 4.90 Å². The quantitative estimate of drug-likeness (QED) is 0.667. The molecular formula is C21H19N3O2S. The molecule has 0 saturated carbocycles. The average Bonchev–Trinajstić information content (AvgIpc) is 2.69. The molecule has 0 radical (unpaired) electrons. The maximum Gasteiger partial charge on any atom is 0.271 e. The van der Waals surface area contributed by atoms with Crippen molar-refractivity contribution < 1.29 is 4.79 Å². The van der Waals surface area contributed by atoms with Crippen LogP contribution in [0.3, 0.4) is 0 Å². The van der Waals surface area contributed by atoms with Crippen molar-refractivity contribution in [2.75, 3.05) is 6.54 Å². The molecule has 0 bridgehead atoms. The zero-order valence-corrected chi connectivity index (χ0v) is 15.7. The third kappa shape index (κ3) is 4.74. The van der Waals surface area contributed by atoms with E-state index in [-0.39, 0.29) is 11.5 Å². The number of carbonyl (C=O) groups is 1. The Labute approximate surface area is 161 Å². The Morgan fingerprint density at radius 2 is 1.81 bits per heavy atom. The Morgan fingerprint density at radius 3 is 2.48 bits per heavy atom. The van der Waals surface area contributed by atoms with Crippen LogP contribution in [0.1, 0.15) is 15.9 Å². The highest BCUT2D eigenvalue weighted by Crippen LogP contribution is 2.25. The first kappa shape index (κ1) is 18.7. The number of hydrogen-bond acceptors (Lipinski definition) is 4. The molecule has 3 aromatic rings. The lowest BCUT2D eigenvalue weighted by molar-refractivity contribution is 0.0958. The molecular weight excluding hydrogens is 358 g/mol. The van der Waals surface area contributed by atoms with E-state index >= 15 is 0 Å². The lowest BCUT2D eigenvalue weighted by Gasteiger charge is -2.08. The van der Waals surface area contributed by atoms with Crippen molar-refractivity contribution in [3.8, 4) is 5.69 Å². The fraction of sp³-hybridized carbons (Fsp3) is 0.0952. The van der Waals surface area contributed by atoms with Crippen LogP contribution in [0.25, 0.3) is 5.69 Å². The standard InChI is InChI=1S/C21H19N3O2S/c1-3-14-22-21(26)16-6-8-17(9-7-16)24-20(25)13-12-19(23-24)27-18-10-4-15(2)5-11-18/h3-13H,1,14H2,2H3,(H,22,26). The van der Waals surface area contributed by atoms with Crippen molar-refractivity contribution in [2.45, 2.75) is 16.8 Å². The number of amides is 1. The largest absolute Gasteiger partial charge is 0.349 e. The van der Waals surface area contributed by atoms with Gasteiger partial charge in [-0.2, -0.15) is 9.78 Å². The molecule has 1 aromatic heterocycles. The van der Waals surface area contributed by atoms with E-state index in [9.17, 15) is 9.59 Å². The van der Waals surface area contributed by atoms with E-state index in [1.54, 1.807) is 36.4 Å². The molecule has 0 saturated heterocycles. The maximum atomic E-state index is 12.2. The summed E-state index contributed by atoms with van der Waals surface area (Å²) in [6.45, 7) is 6.01. The number of nitrogens with zero attached hydrogens (tertiary/aromatic N) is 2. The number of hydrogen-bond donors (Lipinski definition) is 1. The number of benzene rings is 2. The van der Waals surface area contributed by atoms with Gasteiger partial charge >= 0.3 is 0 Å². The molecule has 1 N–H and O–H groups in total. The molecule has 0 fully saturated rings. The second-order valence-electron chi connectivity index (χ2n) is 5.88. The fourth-order valence-corrected chi connectivity index (χ4v) is 3.15. The van der Waals surface area contributed by atoms with Gasteiger partial charge in [0.05, 0.1) is 5.69 Å². The van der Waals surface area contributed by atoms with Gasteiger partial charge in [-0.3, -0.25) is 9.59 Å². The Balaban J connectivity index is 1.83. The zero-order valence-electron chi connectivity index (χ0n) is 14.9. The van der Waals surface area contributed by atoms with Crippen LogP contribution < -0.4 is 10.9 Å². The van der Waals surface area contributed by atoms with Crippen molar-refractivity contribution in [1.82, 2.24) is 15.1 Å². The summed E-state index contributed by atoms with van der Waals surface area (Å²) in [6, 6.07) is 18.1. The summed E-state index contributed by atoms with van der Waals surface area (Å²) < 4.78 is 1.34. The van der Waals surface area contributed by atoms with E-state index < -0.39 is 0 Å². The second-order valence-corrected chi connectivity index (χ2v) is 6.98. The van der Waals surface area contributed by atoms with Crippen LogP contribution in [0, 0.1) is 6.92 Å². The minimum Gasteiger partial charge on any atom is -0.349 e. The molecule has 5 nitrogen and oxygen atoms in total. The zero-order chi connectivity index (χ0) is 19.2. The topological polar surface area (TPSA) is 64.0 Å². The summed E-state index contributed by atoms with van der Waals surface area (Å²) >= 11 is 1.49. The third-order valence-corrected chi connectivity index (χ3v) is 4.73. The van der Waals surface area contributed by atoms with E-state index in [0.29, 0.717) is 22.8 Å². The van der Waals surface area contributed by atoms with Crippen LogP contribution in [0.4, 0.5) is 0 Å². The number of aromatic nitrogens is 2. The van der Waals surface area contributed by atoms with Gasteiger partial charge in [0.15, 0.2) is 0 Å². The second kappa shape index (κ2) is 8.51. The van der Waals surface area contributed by atoms with E-state index in [2.05, 4.69) is 17.0 Å². The maximum absolute atomic E-state index is 12.2. The van der Waals surface area contributed by atoms with E-state index in [4.69, 9.17) is 0 Å². The lowest BCUT2D eigenvalue weighted by Crippen LogP contribution is -2.23. The number of aryl methyl sites for hydroxylation is 1. The molecule has 0 spiro atoms. The van der Waals surface area contributed by atoms with Crippen molar-refractivity contribution in [1.29, 1.82) is 0 Å². The Hall–Kier alpha value is -3.12. The van der Waals surface area contributed by atoms with Crippen LogP contribution in [-0.4, -0.2) is 22.2 Å². The SMILES string of the molecule is C=CCNC(=O)c1ccc(-n2nc(Sc3ccc(C)cc3)ccc2=O)cc1. The first-order chi connectivity index (χ1) is 13.1. The normalized spacial score (nSPS) is 10.4. The highest BCUT2D eigenvalue weighted by molar-refractivity contribution is 7.99. The van der Waals surface area contributed by atoms with Gasteiger partial charge in [-0.05, 0) is 49.4 Å². The number of rotatable bonds is 6. The first-order valence-corrected chi connectivity index (χ1v) is 9.23. The molecule has 0 aliphatic rings. The predicted molar refractivity (Wildman–Crippen MR) is 108 cm³/mol. The van der Waals surface area contributed by atoms with E-state index in [1.807, 2.05) is 31.2 Å². The smallest absolute Gasteiger partial charge is 0.271 e. The highest BCUT2D eigenvalue weighted by atomic mass is 32.2. The molecule has 0 atom stereocenters.